The Labute approximate surface area is 118 Å². The highest BCUT2D eigenvalue weighted by atomic mass is 35.5. The molecule has 0 aliphatic carbocycles. The van der Waals surface area contributed by atoms with Crippen molar-refractivity contribution in [2.24, 2.45) is 0 Å². The number of aromatic nitrogens is 2. The monoisotopic (exact) mass is 304 g/mol. The molecular weight excluding hydrogens is 295 g/mol. The standard InChI is InChI=1S/C10H10Cl2N4OS/c1-2-13-7(17)4-14-8-5(11)3-6(12)9-10(8)16-18-15-9/h3,14H,2,4H2,1H3,(H,13,17). The van der Waals surface area contributed by atoms with Crippen LogP contribution >= 0.6 is 34.9 Å². The molecule has 0 atom stereocenters. The zero-order chi connectivity index (χ0) is 13.1. The largest absolute Gasteiger partial charge is 0.373 e. The fourth-order valence-corrected chi connectivity index (χ4v) is 2.65. The van der Waals surface area contributed by atoms with Crippen molar-refractivity contribution in [3.05, 3.63) is 16.1 Å². The molecule has 0 aliphatic heterocycles. The SMILES string of the molecule is CCNC(=O)CNc1c(Cl)cc(Cl)c2nsnc12. The predicted molar refractivity (Wildman–Crippen MR) is 74.6 cm³/mol. The van der Waals surface area contributed by atoms with E-state index >= 15 is 0 Å². The number of fused-ring (bicyclic) bond motifs is 1. The average molecular weight is 305 g/mol. The summed E-state index contributed by atoms with van der Waals surface area (Å²) in [5, 5.41) is 6.51. The Hall–Kier alpha value is -1.11. The van der Waals surface area contributed by atoms with Crippen LogP contribution in [0.3, 0.4) is 0 Å². The number of hydrogen-bond donors (Lipinski definition) is 2. The Bertz CT molecular complexity index is 587. The summed E-state index contributed by atoms with van der Waals surface area (Å²) in [5.74, 6) is -0.111. The molecule has 8 heteroatoms. The second kappa shape index (κ2) is 5.69. The van der Waals surface area contributed by atoms with Gasteiger partial charge in [-0.3, -0.25) is 4.79 Å². The lowest BCUT2D eigenvalue weighted by molar-refractivity contribution is -0.119. The van der Waals surface area contributed by atoms with Gasteiger partial charge in [-0.15, -0.1) is 0 Å². The lowest BCUT2D eigenvalue weighted by atomic mass is 10.2. The summed E-state index contributed by atoms with van der Waals surface area (Å²) in [6, 6.07) is 1.59. The number of likely N-dealkylation sites (N-methyl/N-ethyl adjacent to an activating group) is 1. The molecule has 0 spiro atoms. The summed E-state index contributed by atoms with van der Waals surface area (Å²) in [7, 11) is 0. The topological polar surface area (TPSA) is 66.9 Å². The minimum atomic E-state index is -0.111. The van der Waals surface area contributed by atoms with Crippen molar-refractivity contribution in [3.8, 4) is 0 Å². The molecule has 1 amide bonds. The van der Waals surface area contributed by atoms with Gasteiger partial charge in [-0.2, -0.15) is 8.75 Å². The molecule has 96 valence electrons. The van der Waals surface area contributed by atoms with Crippen LogP contribution in [0.4, 0.5) is 5.69 Å². The molecule has 1 aromatic carbocycles. The molecule has 2 N–H and O–H groups in total. The smallest absolute Gasteiger partial charge is 0.239 e. The molecule has 0 fully saturated rings. The van der Waals surface area contributed by atoms with E-state index in [0.29, 0.717) is 33.3 Å². The number of rotatable bonds is 4. The maximum atomic E-state index is 11.4. The van der Waals surface area contributed by atoms with E-state index in [1.165, 1.54) is 0 Å². The van der Waals surface area contributed by atoms with Gasteiger partial charge in [0.25, 0.3) is 0 Å². The highest BCUT2D eigenvalue weighted by Crippen LogP contribution is 2.34. The molecule has 18 heavy (non-hydrogen) atoms. The van der Waals surface area contributed by atoms with Gasteiger partial charge in [0.05, 0.1) is 34.0 Å². The van der Waals surface area contributed by atoms with E-state index in [-0.39, 0.29) is 12.5 Å². The third-order valence-electron chi connectivity index (χ3n) is 2.24. The Morgan fingerprint density at radius 2 is 2.06 bits per heavy atom. The number of nitrogens with one attached hydrogen (secondary N) is 2. The zero-order valence-corrected chi connectivity index (χ0v) is 11.8. The minimum absolute atomic E-state index is 0.111. The van der Waals surface area contributed by atoms with Gasteiger partial charge in [0.15, 0.2) is 0 Å². The van der Waals surface area contributed by atoms with Crippen LogP contribution in [0.5, 0.6) is 0 Å². The van der Waals surface area contributed by atoms with Gasteiger partial charge in [0.2, 0.25) is 5.91 Å². The summed E-state index contributed by atoms with van der Waals surface area (Å²) in [6.07, 6.45) is 0. The van der Waals surface area contributed by atoms with Crippen LogP contribution in [0, 0.1) is 0 Å². The number of anilines is 1. The fraction of sp³-hybridized carbons (Fsp3) is 0.300. The lowest BCUT2D eigenvalue weighted by Gasteiger charge is -2.09. The molecule has 5 nitrogen and oxygen atoms in total. The van der Waals surface area contributed by atoms with Gasteiger partial charge in [0, 0.05) is 6.54 Å². The Balaban J connectivity index is 2.27. The van der Waals surface area contributed by atoms with E-state index in [4.69, 9.17) is 23.2 Å². The molecule has 0 unspecified atom stereocenters. The number of benzene rings is 1. The molecule has 2 aromatic rings. The molecule has 0 bridgehead atoms. The van der Waals surface area contributed by atoms with E-state index in [9.17, 15) is 4.79 Å². The molecular formula is C10H10Cl2N4OS. The maximum absolute atomic E-state index is 11.4. The first-order chi connectivity index (χ1) is 8.63. The second-order valence-corrected chi connectivity index (χ2v) is 4.83. The van der Waals surface area contributed by atoms with Gasteiger partial charge >= 0.3 is 0 Å². The number of amides is 1. The van der Waals surface area contributed by atoms with Crippen molar-refractivity contribution >= 4 is 57.6 Å². The van der Waals surface area contributed by atoms with Gasteiger partial charge < -0.3 is 10.6 Å². The second-order valence-electron chi connectivity index (χ2n) is 3.48. The van der Waals surface area contributed by atoms with Crippen LogP contribution in [0.1, 0.15) is 6.92 Å². The number of carbonyl (C=O) groups is 1. The van der Waals surface area contributed by atoms with Gasteiger partial charge in [-0.25, -0.2) is 0 Å². The highest BCUT2D eigenvalue weighted by molar-refractivity contribution is 7.00. The van der Waals surface area contributed by atoms with Crippen molar-refractivity contribution in [1.82, 2.24) is 14.1 Å². The first-order valence-electron chi connectivity index (χ1n) is 5.24. The zero-order valence-electron chi connectivity index (χ0n) is 9.46. The summed E-state index contributed by atoms with van der Waals surface area (Å²) >= 11 is 13.1. The third kappa shape index (κ3) is 2.66. The number of nitrogens with zero attached hydrogens (tertiary/aromatic N) is 2. The quantitative estimate of drug-likeness (QED) is 0.911. The Morgan fingerprint density at radius 1 is 1.33 bits per heavy atom. The lowest BCUT2D eigenvalue weighted by Crippen LogP contribution is -2.29. The molecule has 0 saturated heterocycles. The summed E-state index contributed by atoms with van der Waals surface area (Å²) in [5.41, 5.74) is 1.75. The van der Waals surface area contributed by atoms with Crippen molar-refractivity contribution < 1.29 is 4.79 Å². The van der Waals surface area contributed by atoms with Crippen LogP contribution in [0.15, 0.2) is 6.07 Å². The van der Waals surface area contributed by atoms with E-state index in [1.807, 2.05) is 6.92 Å². The third-order valence-corrected chi connectivity index (χ3v) is 3.36. The van der Waals surface area contributed by atoms with Gasteiger partial charge in [-0.1, -0.05) is 23.2 Å². The number of hydrogen-bond acceptors (Lipinski definition) is 5. The summed E-state index contributed by atoms with van der Waals surface area (Å²) in [4.78, 5) is 11.4. The summed E-state index contributed by atoms with van der Waals surface area (Å²) in [6.45, 7) is 2.57. The van der Waals surface area contributed by atoms with Crippen molar-refractivity contribution in [2.75, 3.05) is 18.4 Å². The Morgan fingerprint density at radius 3 is 2.78 bits per heavy atom. The molecule has 0 aliphatic rings. The number of halogens is 2. The molecule has 1 aromatic heterocycles. The summed E-state index contributed by atoms with van der Waals surface area (Å²) < 4.78 is 8.21. The fourth-order valence-electron chi connectivity index (χ4n) is 1.47. The van der Waals surface area contributed by atoms with Gasteiger partial charge in [-0.05, 0) is 13.0 Å². The van der Waals surface area contributed by atoms with Gasteiger partial charge in [0.1, 0.15) is 11.0 Å². The molecule has 2 rings (SSSR count). The van der Waals surface area contributed by atoms with Crippen LogP contribution < -0.4 is 10.6 Å². The van der Waals surface area contributed by atoms with E-state index in [0.717, 1.165) is 11.7 Å². The van der Waals surface area contributed by atoms with E-state index in [1.54, 1.807) is 6.07 Å². The predicted octanol–water partition coefficient (Wildman–Crippen LogP) is 2.55. The van der Waals surface area contributed by atoms with Crippen molar-refractivity contribution in [1.29, 1.82) is 0 Å². The van der Waals surface area contributed by atoms with Crippen molar-refractivity contribution in [3.63, 3.8) is 0 Å². The van der Waals surface area contributed by atoms with E-state index in [2.05, 4.69) is 19.4 Å². The van der Waals surface area contributed by atoms with Crippen molar-refractivity contribution in [2.45, 2.75) is 6.92 Å². The average Bonchev–Trinajstić information content (AvgIpc) is 2.78. The van der Waals surface area contributed by atoms with Crippen LogP contribution in [0.2, 0.25) is 10.0 Å². The minimum Gasteiger partial charge on any atom is -0.373 e. The Kier molecular flexibility index (Phi) is 4.21. The van der Waals surface area contributed by atoms with Crippen LogP contribution in [-0.2, 0) is 4.79 Å². The van der Waals surface area contributed by atoms with Crippen LogP contribution in [-0.4, -0.2) is 27.7 Å². The molecule has 0 saturated carbocycles. The normalized spacial score (nSPS) is 10.6. The highest BCUT2D eigenvalue weighted by Gasteiger charge is 2.14. The van der Waals surface area contributed by atoms with Crippen LogP contribution in [0.25, 0.3) is 11.0 Å². The first-order valence-corrected chi connectivity index (χ1v) is 6.73. The molecule has 1 heterocycles. The van der Waals surface area contributed by atoms with E-state index < -0.39 is 0 Å². The first kappa shape index (κ1) is 13.3. The molecule has 0 radical (unpaired) electrons. The maximum Gasteiger partial charge on any atom is 0.239 e. The number of carbonyl (C=O) groups excluding carboxylic acids is 1.